The molecule has 0 saturated heterocycles. The second kappa shape index (κ2) is 7.45. The molecule has 3 aromatic rings. The normalized spacial score (nSPS) is 14.4. The van der Waals surface area contributed by atoms with Gasteiger partial charge in [0.05, 0.1) is 17.7 Å². The van der Waals surface area contributed by atoms with E-state index in [0.29, 0.717) is 0 Å². The van der Waals surface area contributed by atoms with Crippen LogP contribution < -0.4 is 5.32 Å². The first-order valence-corrected chi connectivity index (χ1v) is 9.82. The fourth-order valence-electron chi connectivity index (χ4n) is 3.06. The van der Waals surface area contributed by atoms with E-state index in [1.54, 1.807) is 6.33 Å². The predicted octanol–water partition coefficient (Wildman–Crippen LogP) is 2.20. The standard InChI is InChI=1S/C17H23N7S/c1-13-16(21-12-20-13)11-25-8-7-23-6-4-19-17(23)15-9-14-10-18-3-2-5-24(14)22-15/h4,6,9,12,18H,2-3,5,7-8,10-11H2,1H3,(H,20,21). The van der Waals surface area contributed by atoms with Crippen LogP contribution in [0.2, 0.25) is 0 Å². The molecule has 0 aliphatic carbocycles. The molecule has 25 heavy (non-hydrogen) atoms. The molecule has 132 valence electrons. The van der Waals surface area contributed by atoms with Crippen molar-refractivity contribution in [3.8, 4) is 11.5 Å². The zero-order valence-corrected chi connectivity index (χ0v) is 15.2. The highest BCUT2D eigenvalue weighted by Gasteiger charge is 2.15. The van der Waals surface area contributed by atoms with Gasteiger partial charge in [-0.2, -0.15) is 16.9 Å². The van der Waals surface area contributed by atoms with Gasteiger partial charge >= 0.3 is 0 Å². The molecule has 7 nitrogen and oxygen atoms in total. The van der Waals surface area contributed by atoms with Crippen molar-refractivity contribution in [2.75, 3.05) is 12.3 Å². The number of thioether (sulfide) groups is 1. The van der Waals surface area contributed by atoms with E-state index in [4.69, 9.17) is 5.10 Å². The number of imidazole rings is 2. The van der Waals surface area contributed by atoms with Gasteiger partial charge in [-0.1, -0.05) is 0 Å². The van der Waals surface area contributed by atoms with Crippen molar-refractivity contribution < 1.29 is 0 Å². The van der Waals surface area contributed by atoms with Gasteiger partial charge in [0.2, 0.25) is 0 Å². The first-order chi connectivity index (χ1) is 12.3. The first-order valence-electron chi connectivity index (χ1n) is 8.67. The Morgan fingerprint density at radius 3 is 3.16 bits per heavy atom. The van der Waals surface area contributed by atoms with Gasteiger partial charge in [-0.15, -0.1) is 0 Å². The van der Waals surface area contributed by atoms with Gasteiger partial charge in [-0.3, -0.25) is 4.68 Å². The number of fused-ring (bicyclic) bond motifs is 1. The van der Waals surface area contributed by atoms with E-state index in [1.165, 1.54) is 5.69 Å². The van der Waals surface area contributed by atoms with Crippen molar-refractivity contribution in [1.82, 2.24) is 34.6 Å². The number of H-pyrrole nitrogens is 1. The van der Waals surface area contributed by atoms with Gasteiger partial charge in [0.15, 0.2) is 5.82 Å². The Kier molecular flexibility index (Phi) is 4.89. The summed E-state index contributed by atoms with van der Waals surface area (Å²) in [5, 5.41) is 8.20. The molecule has 0 saturated carbocycles. The number of aromatic amines is 1. The number of nitrogens with one attached hydrogen (secondary N) is 2. The number of nitrogens with zero attached hydrogens (tertiary/aromatic N) is 5. The zero-order chi connectivity index (χ0) is 17.1. The van der Waals surface area contributed by atoms with Crippen LogP contribution in [0.3, 0.4) is 0 Å². The zero-order valence-electron chi connectivity index (χ0n) is 14.4. The summed E-state index contributed by atoms with van der Waals surface area (Å²) in [5.74, 6) is 2.91. The van der Waals surface area contributed by atoms with Crippen LogP contribution in [0.1, 0.15) is 23.5 Å². The molecule has 0 spiro atoms. The third kappa shape index (κ3) is 3.64. The van der Waals surface area contributed by atoms with Gasteiger partial charge in [0, 0.05) is 49.2 Å². The summed E-state index contributed by atoms with van der Waals surface area (Å²) in [4.78, 5) is 12.0. The van der Waals surface area contributed by atoms with E-state index in [0.717, 1.165) is 67.0 Å². The van der Waals surface area contributed by atoms with Crippen molar-refractivity contribution in [1.29, 1.82) is 0 Å². The molecule has 3 aromatic heterocycles. The van der Waals surface area contributed by atoms with Crippen LogP contribution in [0.4, 0.5) is 0 Å². The largest absolute Gasteiger partial charge is 0.348 e. The molecular formula is C17H23N7S. The Bertz CT molecular complexity index is 808. The summed E-state index contributed by atoms with van der Waals surface area (Å²) in [7, 11) is 0. The van der Waals surface area contributed by atoms with Crippen molar-refractivity contribution in [3.63, 3.8) is 0 Å². The lowest BCUT2D eigenvalue weighted by atomic mass is 10.3. The Morgan fingerprint density at radius 2 is 2.28 bits per heavy atom. The summed E-state index contributed by atoms with van der Waals surface area (Å²) in [5.41, 5.74) is 4.51. The van der Waals surface area contributed by atoms with Crippen LogP contribution in [-0.2, 0) is 25.4 Å². The molecular weight excluding hydrogens is 334 g/mol. The second-order valence-electron chi connectivity index (χ2n) is 6.25. The Hall–Kier alpha value is -2.06. The molecule has 2 N–H and O–H groups in total. The van der Waals surface area contributed by atoms with Gasteiger partial charge < -0.3 is 14.9 Å². The average Bonchev–Trinajstić information content (AvgIpc) is 3.30. The molecule has 0 amide bonds. The van der Waals surface area contributed by atoms with E-state index in [1.807, 2.05) is 24.2 Å². The number of aromatic nitrogens is 6. The monoisotopic (exact) mass is 357 g/mol. The summed E-state index contributed by atoms with van der Waals surface area (Å²) in [6.07, 6.45) is 6.78. The molecule has 0 radical (unpaired) electrons. The predicted molar refractivity (Wildman–Crippen MR) is 99.3 cm³/mol. The number of aryl methyl sites for hydroxylation is 3. The number of hydrogen-bond donors (Lipinski definition) is 2. The average molecular weight is 357 g/mol. The van der Waals surface area contributed by atoms with E-state index in [9.17, 15) is 0 Å². The fourth-order valence-corrected chi connectivity index (χ4v) is 4.01. The highest BCUT2D eigenvalue weighted by atomic mass is 32.2. The molecule has 1 aliphatic heterocycles. The third-order valence-electron chi connectivity index (χ3n) is 4.49. The molecule has 0 fully saturated rings. The summed E-state index contributed by atoms with van der Waals surface area (Å²) in [6.45, 7) is 5.90. The minimum Gasteiger partial charge on any atom is -0.348 e. The maximum atomic E-state index is 4.77. The maximum Gasteiger partial charge on any atom is 0.160 e. The van der Waals surface area contributed by atoms with Crippen LogP contribution in [0, 0.1) is 6.92 Å². The number of hydrogen-bond acceptors (Lipinski definition) is 5. The Morgan fingerprint density at radius 1 is 1.32 bits per heavy atom. The van der Waals surface area contributed by atoms with Crippen LogP contribution >= 0.6 is 11.8 Å². The minimum absolute atomic E-state index is 0.882. The Labute approximate surface area is 151 Å². The molecule has 4 rings (SSSR count). The van der Waals surface area contributed by atoms with Crippen molar-refractivity contribution >= 4 is 11.8 Å². The van der Waals surface area contributed by atoms with Gasteiger partial charge in [0.1, 0.15) is 5.69 Å². The molecule has 8 heteroatoms. The van der Waals surface area contributed by atoms with Crippen LogP contribution in [0.15, 0.2) is 24.8 Å². The molecule has 0 bridgehead atoms. The van der Waals surface area contributed by atoms with Crippen LogP contribution in [-0.4, -0.2) is 41.6 Å². The molecule has 0 unspecified atom stereocenters. The molecule has 0 atom stereocenters. The smallest absolute Gasteiger partial charge is 0.160 e. The lowest BCUT2D eigenvalue weighted by Gasteiger charge is -2.06. The summed E-state index contributed by atoms with van der Waals surface area (Å²) >= 11 is 1.89. The topological polar surface area (TPSA) is 76.3 Å². The lowest BCUT2D eigenvalue weighted by Crippen LogP contribution is -2.11. The van der Waals surface area contributed by atoms with Crippen molar-refractivity contribution in [2.45, 2.75) is 38.7 Å². The quantitative estimate of drug-likeness (QED) is 0.662. The van der Waals surface area contributed by atoms with Gasteiger partial charge in [0.25, 0.3) is 0 Å². The highest BCUT2D eigenvalue weighted by Crippen LogP contribution is 2.20. The summed E-state index contributed by atoms with van der Waals surface area (Å²) < 4.78 is 4.31. The molecule has 1 aliphatic rings. The van der Waals surface area contributed by atoms with Crippen LogP contribution in [0.25, 0.3) is 11.5 Å². The van der Waals surface area contributed by atoms with Crippen LogP contribution in [0.5, 0.6) is 0 Å². The maximum absolute atomic E-state index is 4.77. The molecule has 0 aromatic carbocycles. The van der Waals surface area contributed by atoms with Gasteiger partial charge in [-0.25, -0.2) is 9.97 Å². The lowest BCUT2D eigenvalue weighted by molar-refractivity contribution is 0.587. The molecule has 4 heterocycles. The number of rotatable bonds is 6. The summed E-state index contributed by atoms with van der Waals surface area (Å²) in [6, 6.07) is 2.16. The van der Waals surface area contributed by atoms with Crippen molar-refractivity contribution in [2.24, 2.45) is 0 Å². The first kappa shape index (κ1) is 16.4. The van der Waals surface area contributed by atoms with E-state index >= 15 is 0 Å². The minimum atomic E-state index is 0.882. The van der Waals surface area contributed by atoms with Gasteiger partial charge in [-0.05, 0) is 26.0 Å². The van der Waals surface area contributed by atoms with E-state index in [2.05, 4.69) is 42.5 Å². The Balaban J connectivity index is 1.40. The van der Waals surface area contributed by atoms with Crippen molar-refractivity contribution in [3.05, 3.63) is 41.9 Å². The SMILES string of the molecule is Cc1[nH]cnc1CSCCn1ccnc1-c1cc2n(n1)CCCNC2. The fraction of sp³-hybridized carbons (Fsp3) is 0.471. The second-order valence-corrected chi connectivity index (χ2v) is 7.35. The van der Waals surface area contributed by atoms with E-state index in [-0.39, 0.29) is 0 Å². The third-order valence-corrected chi connectivity index (χ3v) is 5.44. The van der Waals surface area contributed by atoms with E-state index < -0.39 is 0 Å². The highest BCUT2D eigenvalue weighted by molar-refractivity contribution is 7.98.